The topological polar surface area (TPSA) is 72.1 Å². The third-order valence-electron chi connectivity index (χ3n) is 4.99. The van der Waals surface area contributed by atoms with Gasteiger partial charge in [0.2, 0.25) is 0 Å². The van der Waals surface area contributed by atoms with Crippen molar-refractivity contribution in [3.63, 3.8) is 0 Å². The number of nitrogens with zero attached hydrogens (tertiary/aromatic N) is 4. The van der Waals surface area contributed by atoms with Crippen LogP contribution in [0.1, 0.15) is 64.2 Å². The maximum absolute atomic E-state index is 12.9. The minimum absolute atomic E-state index is 0.00576. The average Bonchev–Trinajstić information content (AvgIpc) is 3.21. The summed E-state index contributed by atoms with van der Waals surface area (Å²) < 4.78 is 5.39. The average molecular weight is 326 g/mol. The predicted octanol–water partition coefficient (Wildman–Crippen LogP) is 2.59. The summed E-state index contributed by atoms with van der Waals surface area (Å²) >= 11 is 0. The molecule has 0 N–H and O–H groups in total. The van der Waals surface area contributed by atoms with Gasteiger partial charge in [0, 0.05) is 42.4 Å². The van der Waals surface area contributed by atoms with E-state index in [9.17, 15) is 4.79 Å². The summed E-state index contributed by atoms with van der Waals surface area (Å²) in [5, 5.41) is 4.07. The van der Waals surface area contributed by atoms with Gasteiger partial charge in [-0.3, -0.25) is 4.79 Å². The van der Waals surface area contributed by atoms with Crippen molar-refractivity contribution in [2.75, 3.05) is 13.1 Å². The van der Waals surface area contributed by atoms with Crippen LogP contribution in [0.3, 0.4) is 0 Å². The first-order valence-electron chi connectivity index (χ1n) is 8.70. The van der Waals surface area contributed by atoms with E-state index >= 15 is 0 Å². The summed E-state index contributed by atoms with van der Waals surface area (Å²) in [7, 11) is 0. The Bertz CT molecular complexity index is 763. The second-order valence-corrected chi connectivity index (χ2v) is 6.89. The minimum Gasteiger partial charge on any atom is -0.360 e. The molecule has 0 saturated carbocycles. The van der Waals surface area contributed by atoms with Crippen molar-refractivity contribution in [1.29, 1.82) is 0 Å². The molecule has 1 atom stereocenters. The molecule has 0 radical (unpaired) electrons. The Labute approximate surface area is 141 Å². The number of carbonyl (C=O) groups is 1. The highest BCUT2D eigenvalue weighted by molar-refractivity contribution is 5.94. The molecule has 1 saturated heterocycles. The molecule has 1 amide bonds. The molecule has 6 nitrogen and oxygen atoms in total. The monoisotopic (exact) mass is 326 g/mol. The second-order valence-electron chi connectivity index (χ2n) is 6.89. The molecular weight excluding hydrogens is 304 g/mol. The Morgan fingerprint density at radius 1 is 1.21 bits per heavy atom. The Balaban J connectivity index is 1.52. The first-order valence-corrected chi connectivity index (χ1v) is 8.70. The fraction of sp³-hybridized carbons (Fsp3) is 0.556. The highest BCUT2D eigenvalue weighted by Crippen LogP contribution is 2.29. The van der Waals surface area contributed by atoms with Crippen LogP contribution in [0.4, 0.5) is 0 Å². The van der Waals surface area contributed by atoms with E-state index in [0.29, 0.717) is 12.2 Å². The number of rotatable bonds is 2. The van der Waals surface area contributed by atoms with Gasteiger partial charge in [0.05, 0.1) is 0 Å². The maximum atomic E-state index is 12.9. The summed E-state index contributed by atoms with van der Waals surface area (Å²) in [6.45, 7) is 5.35. The Morgan fingerprint density at radius 3 is 2.75 bits per heavy atom. The SMILES string of the molecule is Cc1cc(C)nc(C2CCN(C(=O)c3noc4c3CCCC4)C2)n1. The van der Waals surface area contributed by atoms with Crippen LogP contribution in [0.5, 0.6) is 0 Å². The quantitative estimate of drug-likeness (QED) is 0.848. The van der Waals surface area contributed by atoms with Crippen molar-refractivity contribution < 1.29 is 9.32 Å². The van der Waals surface area contributed by atoms with Gasteiger partial charge in [-0.1, -0.05) is 5.16 Å². The molecule has 24 heavy (non-hydrogen) atoms. The van der Waals surface area contributed by atoms with Crippen molar-refractivity contribution in [3.8, 4) is 0 Å². The smallest absolute Gasteiger partial charge is 0.276 e. The third-order valence-corrected chi connectivity index (χ3v) is 4.99. The zero-order chi connectivity index (χ0) is 16.7. The lowest BCUT2D eigenvalue weighted by atomic mass is 9.96. The van der Waals surface area contributed by atoms with E-state index in [0.717, 1.165) is 67.2 Å². The number of hydrogen-bond donors (Lipinski definition) is 0. The molecule has 4 rings (SSSR count). The zero-order valence-electron chi connectivity index (χ0n) is 14.2. The third kappa shape index (κ3) is 2.70. The molecule has 1 aliphatic heterocycles. The van der Waals surface area contributed by atoms with Crippen LogP contribution in [-0.2, 0) is 12.8 Å². The van der Waals surface area contributed by atoms with E-state index in [-0.39, 0.29) is 11.8 Å². The highest BCUT2D eigenvalue weighted by Gasteiger charge is 2.33. The van der Waals surface area contributed by atoms with Crippen molar-refractivity contribution in [2.24, 2.45) is 0 Å². The number of hydrogen-bond acceptors (Lipinski definition) is 5. The number of aryl methyl sites for hydroxylation is 3. The molecule has 2 aliphatic rings. The van der Waals surface area contributed by atoms with E-state index in [1.807, 2.05) is 24.8 Å². The number of amides is 1. The molecule has 3 heterocycles. The molecule has 2 aromatic heterocycles. The van der Waals surface area contributed by atoms with Crippen molar-refractivity contribution in [3.05, 3.63) is 40.3 Å². The molecule has 0 aromatic carbocycles. The summed E-state index contributed by atoms with van der Waals surface area (Å²) in [5.41, 5.74) is 3.50. The van der Waals surface area contributed by atoms with Gasteiger partial charge in [-0.2, -0.15) is 0 Å². The van der Waals surface area contributed by atoms with Crippen molar-refractivity contribution in [2.45, 2.75) is 51.9 Å². The lowest BCUT2D eigenvalue weighted by Crippen LogP contribution is -2.30. The molecular formula is C18H22N4O2. The molecule has 6 heteroatoms. The van der Waals surface area contributed by atoms with E-state index in [2.05, 4.69) is 15.1 Å². The van der Waals surface area contributed by atoms with Crippen LogP contribution in [0.15, 0.2) is 10.6 Å². The largest absolute Gasteiger partial charge is 0.360 e. The van der Waals surface area contributed by atoms with E-state index in [1.54, 1.807) is 0 Å². The number of fused-ring (bicyclic) bond motifs is 1. The second kappa shape index (κ2) is 6.00. The highest BCUT2D eigenvalue weighted by atomic mass is 16.5. The number of likely N-dealkylation sites (tertiary alicyclic amines) is 1. The predicted molar refractivity (Wildman–Crippen MR) is 87.9 cm³/mol. The first kappa shape index (κ1) is 15.3. The van der Waals surface area contributed by atoms with Crippen LogP contribution in [0, 0.1) is 13.8 Å². The molecule has 1 aliphatic carbocycles. The zero-order valence-corrected chi connectivity index (χ0v) is 14.2. The molecule has 126 valence electrons. The summed E-state index contributed by atoms with van der Waals surface area (Å²) in [4.78, 5) is 23.8. The Hall–Kier alpha value is -2.24. The van der Waals surface area contributed by atoms with Gasteiger partial charge < -0.3 is 9.42 Å². The molecule has 0 spiro atoms. The normalized spacial score (nSPS) is 20.2. The van der Waals surface area contributed by atoms with Crippen molar-refractivity contribution >= 4 is 5.91 Å². The number of aromatic nitrogens is 3. The number of carbonyl (C=O) groups excluding carboxylic acids is 1. The van der Waals surface area contributed by atoms with Gasteiger partial charge in [-0.05, 0) is 45.6 Å². The molecule has 1 fully saturated rings. The van der Waals surface area contributed by atoms with Gasteiger partial charge in [0.1, 0.15) is 11.6 Å². The molecule has 2 aromatic rings. The van der Waals surface area contributed by atoms with Gasteiger partial charge in [-0.25, -0.2) is 9.97 Å². The van der Waals surface area contributed by atoms with Gasteiger partial charge in [0.15, 0.2) is 5.69 Å². The van der Waals surface area contributed by atoms with Gasteiger partial charge in [0.25, 0.3) is 5.91 Å². The molecule has 1 unspecified atom stereocenters. The summed E-state index contributed by atoms with van der Waals surface area (Å²) in [6, 6.07) is 1.98. The first-order chi connectivity index (χ1) is 11.6. The van der Waals surface area contributed by atoms with Crippen LogP contribution in [-0.4, -0.2) is 39.0 Å². The summed E-state index contributed by atoms with van der Waals surface area (Å²) in [6.07, 6.45) is 4.92. The van der Waals surface area contributed by atoms with Crippen LogP contribution >= 0.6 is 0 Å². The molecule has 0 bridgehead atoms. The Morgan fingerprint density at radius 2 is 1.96 bits per heavy atom. The standard InChI is InChI=1S/C18H22N4O2/c1-11-9-12(2)20-17(19-11)13-7-8-22(10-13)18(23)16-14-5-3-4-6-15(14)24-21-16/h9,13H,3-8,10H2,1-2H3. The lowest BCUT2D eigenvalue weighted by Gasteiger charge is -2.16. The van der Waals surface area contributed by atoms with Crippen LogP contribution in [0.25, 0.3) is 0 Å². The van der Waals surface area contributed by atoms with E-state index < -0.39 is 0 Å². The Kier molecular flexibility index (Phi) is 3.82. The summed E-state index contributed by atoms with van der Waals surface area (Å²) in [5.74, 6) is 1.95. The van der Waals surface area contributed by atoms with E-state index in [4.69, 9.17) is 4.52 Å². The van der Waals surface area contributed by atoms with Gasteiger partial charge in [-0.15, -0.1) is 0 Å². The van der Waals surface area contributed by atoms with Crippen LogP contribution in [0.2, 0.25) is 0 Å². The maximum Gasteiger partial charge on any atom is 0.276 e. The van der Waals surface area contributed by atoms with Crippen LogP contribution < -0.4 is 0 Å². The minimum atomic E-state index is -0.00576. The fourth-order valence-corrected chi connectivity index (χ4v) is 3.79. The van der Waals surface area contributed by atoms with Crippen molar-refractivity contribution in [1.82, 2.24) is 20.0 Å². The lowest BCUT2D eigenvalue weighted by molar-refractivity contribution is 0.0779. The van der Waals surface area contributed by atoms with Gasteiger partial charge >= 0.3 is 0 Å². The fourth-order valence-electron chi connectivity index (χ4n) is 3.79. The van der Waals surface area contributed by atoms with E-state index in [1.165, 1.54) is 0 Å².